The second kappa shape index (κ2) is 7.58. The molecule has 5 N–H and O–H groups in total. The lowest BCUT2D eigenvalue weighted by Crippen LogP contribution is -2.39. The van der Waals surface area contributed by atoms with Crippen molar-refractivity contribution in [2.24, 2.45) is 28.3 Å². The first-order valence-corrected chi connectivity index (χ1v) is 9.06. The highest BCUT2D eigenvalue weighted by atomic mass is 35.5. The number of allylic oxidation sites excluding steroid dienone is 1. The number of aromatic nitrogens is 2. The molecule has 2 heterocycles. The summed E-state index contributed by atoms with van der Waals surface area (Å²) < 4.78 is 0. The molecular weight excluding hydrogens is 338 g/mol. The molecule has 3 rings (SSSR count). The summed E-state index contributed by atoms with van der Waals surface area (Å²) in [5.41, 5.74) is 12.1. The SMILES string of the molecule is C/C(N)=C/C(N)=Nc1nc(N(C)C2CCC3CNCC3C2)ncc1Cl. The van der Waals surface area contributed by atoms with E-state index in [4.69, 9.17) is 23.1 Å². The molecule has 0 amide bonds. The van der Waals surface area contributed by atoms with Crippen LogP contribution in [-0.2, 0) is 0 Å². The molecule has 0 bridgehead atoms. The third-order valence-electron chi connectivity index (χ3n) is 5.11. The van der Waals surface area contributed by atoms with Crippen molar-refractivity contribution in [3.8, 4) is 0 Å². The third kappa shape index (κ3) is 4.22. The molecule has 3 atom stereocenters. The Morgan fingerprint density at radius 1 is 1.36 bits per heavy atom. The van der Waals surface area contributed by atoms with E-state index in [1.807, 2.05) is 7.05 Å². The van der Waals surface area contributed by atoms with Crippen LogP contribution < -0.4 is 21.7 Å². The standard InChI is InChI=1S/C17H26ClN7/c1-10(19)5-15(20)23-16-14(18)9-22-17(24-16)25(2)13-4-3-11-7-21-8-12(11)6-13/h5,9,11-13,21H,3-4,6-8,19H2,1-2H3,(H2,20,22,23,24)/b10-5-. The lowest BCUT2D eigenvalue weighted by Gasteiger charge is -2.36. The summed E-state index contributed by atoms with van der Waals surface area (Å²) >= 11 is 6.17. The topological polar surface area (TPSA) is 105 Å². The Morgan fingerprint density at radius 3 is 2.88 bits per heavy atom. The molecule has 8 heteroatoms. The van der Waals surface area contributed by atoms with Gasteiger partial charge in [0.25, 0.3) is 0 Å². The Labute approximate surface area is 153 Å². The number of amidine groups is 1. The van der Waals surface area contributed by atoms with Gasteiger partial charge in [0, 0.05) is 18.8 Å². The van der Waals surface area contributed by atoms with Crippen molar-refractivity contribution >= 4 is 29.2 Å². The molecule has 1 saturated heterocycles. The molecule has 136 valence electrons. The van der Waals surface area contributed by atoms with E-state index in [9.17, 15) is 0 Å². The van der Waals surface area contributed by atoms with Crippen LogP contribution in [-0.4, -0.2) is 42.0 Å². The number of nitrogens with two attached hydrogens (primary N) is 2. The van der Waals surface area contributed by atoms with Gasteiger partial charge in [-0.3, -0.25) is 0 Å². The highest BCUT2D eigenvalue weighted by molar-refractivity contribution is 6.32. The summed E-state index contributed by atoms with van der Waals surface area (Å²) in [4.78, 5) is 15.3. The van der Waals surface area contributed by atoms with Crippen LogP contribution in [0.5, 0.6) is 0 Å². The van der Waals surface area contributed by atoms with Gasteiger partial charge in [-0.2, -0.15) is 4.98 Å². The molecule has 3 unspecified atom stereocenters. The van der Waals surface area contributed by atoms with Gasteiger partial charge in [-0.25, -0.2) is 9.98 Å². The van der Waals surface area contributed by atoms with Crippen LogP contribution in [0.1, 0.15) is 26.2 Å². The zero-order valence-corrected chi connectivity index (χ0v) is 15.5. The first-order valence-electron chi connectivity index (χ1n) is 8.68. The van der Waals surface area contributed by atoms with Gasteiger partial charge in [-0.1, -0.05) is 11.6 Å². The Hall–Kier alpha value is -1.86. The van der Waals surface area contributed by atoms with Gasteiger partial charge in [0.2, 0.25) is 5.95 Å². The van der Waals surface area contributed by atoms with E-state index in [0.717, 1.165) is 37.8 Å². The minimum atomic E-state index is 0.270. The van der Waals surface area contributed by atoms with E-state index in [1.165, 1.54) is 6.42 Å². The largest absolute Gasteiger partial charge is 0.402 e. The summed E-state index contributed by atoms with van der Waals surface area (Å²) in [5.74, 6) is 2.83. The summed E-state index contributed by atoms with van der Waals surface area (Å²) in [6.45, 7) is 4.02. The minimum absolute atomic E-state index is 0.270. The van der Waals surface area contributed by atoms with Gasteiger partial charge in [0.15, 0.2) is 5.82 Å². The zero-order valence-electron chi connectivity index (χ0n) is 14.7. The summed E-state index contributed by atoms with van der Waals surface area (Å²) in [6.07, 6.45) is 6.72. The molecule has 25 heavy (non-hydrogen) atoms. The van der Waals surface area contributed by atoms with E-state index in [1.54, 1.807) is 19.2 Å². The number of halogens is 1. The van der Waals surface area contributed by atoms with E-state index in [2.05, 4.69) is 25.2 Å². The first kappa shape index (κ1) is 17.9. The maximum absolute atomic E-state index is 6.17. The molecule has 1 aromatic heterocycles. The fourth-order valence-electron chi connectivity index (χ4n) is 3.78. The van der Waals surface area contributed by atoms with Crippen LogP contribution in [0.25, 0.3) is 0 Å². The second-order valence-corrected chi connectivity index (χ2v) is 7.43. The number of fused-ring (bicyclic) bond motifs is 1. The molecule has 2 aliphatic rings. The summed E-state index contributed by atoms with van der Waals surface area (Å²) in [7, 11) is 2.04. The maximum Gasteiger partial charge on any atom is 0.227 e. The number of nitrogens with one attached hydrogen (secondary N) is 1. The van der Waals surface area contributed by atoms with Gasteiger partial charge in [-0.05, 0) is 57.2 Å². The Kier molecular flexibility index (Phi) is 5.44. The van der Waals surface area contributed by atoms with Crippen LogP contribution in [0.4, 0.5) is 11.8 Å². The van der Waals surface area contributed by atoms with Crippen molar-refractivity contribution in [3.63, 3.8) is 0 Å². The van der Waals surface area contributed by atoms with Gasteiger partial charge in [0.1, 0.15) is 10.9 Å². The van der Waals surface area contributed by atoms with Crippen LogP contribution in [0.3, 0.4) is 0 Å². The molecule has 0 aromatic carbocycles. The van der Waals surface area contributed by atoms with Crippen molar-refractivity contribution in [1.29, 1.82) is 0 Å². The average molecular weight is 364 g/mol. The fourth-order valence-corrected chi connectivity index (χ4v) is 3.91. The third-order valence-corrected chi connectivity index (χ3v) is 5.38. The van der Waals surface area contributed by atoms with E-state index < -0.39 is 0 Å². The summed E-state index contributed by atoms with van der Waals surface area (Å²) in [6, 6.07) is 0.433. The molecule has 1 aliphatic carbocycles. The quantitative estimate of drug-likeness (QED) is 0.556. The Bertz CT molecular complexity index is 684. The van der Waals surface area contributed by atoms with E-state index >= 15 is 0 Å². The number of anilines is 1. The Balaban J connectivity index is 1.78. The monoisotopic (exact) mass is 363 g/mol. The first-order chi connectivity index (χ1) is 11.9. The molecule has 0 spiro atoms. The van der Waals surface area contributed by atoms with Crippen LogP contribution in [0, 0.1) is 11.8 Å². The number of hydrogen-bond donors (Lipinski definition) is 3. The normalized spacial score (nSPS) is 27.2. The van der Waals surface area contributed by atoms with Crippen molar-refractivity contribution in [2.45, 2.75) is 32.2 Å². The van der Waals surface area contributed by atoms with Gasteiger partial charge >= 0.3 is 0 Å². The highest BCUT2D eigenvalue weighted by Gasteiger charge is 2.35. The average Bonchev–Trinajstić information content (AvgIpc) is 3.03. The molecule has 7 nitrogen and oxygen atoms in total. The molecule has 1 aliphatic heterocycles. The minimum Gasteiger partial charge on any atom is -0.402 e. The highest BCUT2D eigenvalue weighted by Crippen LogP contribution is 2.35. The number of hydrogen-bond acceptors (Lipinski definition) is 6. The molecule has 0 radical (unpaired) electrons. The van der Waals surface area contributed by atoms with E-state index in [-0.39, 0.29) is 5.84 Å². The van der Waals surface area contributed by atoms with Crippen molar-refractivity contribution in [3.05, 3.63) is 23.0 Å². The number of rotatable bonds is 4. The van der Waals surface area contributed by atoms with Gasteiger partial charge < -0.3 is 21.7 Å². The lowest BCUT2D eigenvalue weighted by atomic mass is 9.79. The number of aliphatic imine (C=N–C) groups is 1. The second-order valence-electron chi connectivity index (χ2n) is 7.02. The molecular formula is C17H26ClN7. The Morgan fingerprint density at radius 2 is 2.12 bits per heavy atom. The molecule has 1 saturated carbocycles. The predicted octanol–water partition coefficient (Wildman–Crippen LogP) is 1.81. The van der Waals surface area contributed by atoms with Crippen molar-refractivity contribution < 1.29 is 0 Å². The van der Waals surface area contributed by atoms with Crippen molar-refractivity contribution in [1.82, 2.24) is 15.3 Å². The van der Waals surface area contributed by atoms with Gasteiger partial charge in [0.05, 0.1) is 6.20 Å². The van der Waals surface area contributed by atoms with Gasteiger partial charge in [-0.15, -0.1) is 0 Å². The molecule has 2 fully saturated rings. The summed E-state index contributed by atoms with van der Waals surface area (Å²) in [5, 5.41) is 3.87. The smallest absolute Gasteiger partial charge is 0.227 e. The molecule has 1 aromatic rings. The predicted molar refractivity (Wildman–Crippen MR) is 102 cm³/mol. The maximum atomic E-state index is 6.17. The lowest BCUT2D eigenvalue weighted by molar-refractivity contribution is 0.265. The van der Waals surface area contributed by atoms with Crippen molar-refractivity contribution in [2.75, 3.05) is 25.0 Å². The van der Waals surface area contributed by atoms with Crippen LogP contribution in [0.2, 0.25) is 5.02 Å². The fraction of sp³-hybridized carbons (Fsp3) is 0.588. The van der Waals surface area contributed by atoms with E-state index in [0.29, 0.717) is 28.5 Å². The van der Waals surface area contributed by atoms with Crippen LogP contribution >= 0.6 is 11.6 Å². The zero-order chi connectivity index (χ0) is 18.0. The number of nitrogens with zero attached hydrogens (tertiary/aromatic N) is 4. The van der Waals surface area contributed by atoms with Crippen LogP contribution in [0.15, 0.2) is 23.0 Å².